The summed E-state index contributed by atoms with van der Waals surface area (Å²) in [6.07, 6.45) is 0. The van der Waals surface area contributed by atoms with Gasteiger partial charge in [-0.3, -0.25) is 4.79 Å². The summed E-state index contributed by atoms with van der Waals surface area (Å²) in [5.74, 6) is -0.728. The highest BCUT2D eigenvalue weighted by Gasteiger charge is 2.46. The van der Waals surface area contributed by atoms with Crippen LogP contribution in [-0.4, -0.2) is 28.1 Å². The first-order valence-corrected chi connectivity index (χ1v) is 8.16. The van der Waals surface area contributed by atoms with Crippen LogP contribution in [0.2, 0.25) is 0 Å². The van der Waals surface area contributed by atoms with Crippen molar-refractivity contribution in [3.63, 3.8) is 0 Å². The third-order valence-electron chi connectivity index (χ3n) is 3.66. The molecule has 5 nitrogen and oxygen atoms in total. The summed E-state index contributed by atoms with van der Waals surface area (Å²) in [6, 6.07) is 14.1. The molecule has 0 aromatic heterocycles. The Balaban J connectivity index is 1.95. The van der Waals surface area contributed by atoms with Crippen molar-refractivity contribution in [3.05, 3.63) is 71.5 Å². The Morgan fingerprint density at radius 3 is 2.36 bits per heavy atom. The van der Waals surface area contributed by atoms with Crippen molar-refractivity contribution in [2.45, 2.75) is 10.5 Å². The van der Waals surface area contributed by atoms with Crippen LogP contribution in [0.25, 0.3) is 0 Å². The highest BCUT2D eigenvalue weighted by atomic mass is 35.5. The Bertz CT molecular complexity index is 853. The van der Waals surface area contributed by atoms with Crippen molar-refractivity contribution < 1.29 is 9.18 Å². The molecule has 8 heteroatoms. The molecule has 1 aliphatic rings. The molecule has 0 saturated heterocycles. The molecule has 1 atom stereocenters. The van der Waals surface area contributed by atoms with Crippen LogP contribution in [0.15, 0.2) is 64.6 Å². The van der Waals surface area contributed by atoms with Crippen LogP contribution in [0.3, 0.4) is 0 Å². The molecule has 0 aliphatic carbocycles. The van der Waals surface area contributed by atoms with E-state index in [-0.39, 0.29) is 11.4 Å². The predicted octanol–water partition coefficient (Wildman–Crippen LogP) is 2.87. The van der Waals surface area contributed by atoms with Crippen LogP contribution < -0.4 is 11.1 Å². The number of hydrogen-bond donors (Lipinski definition) is 2. The van der Waals surface area contributed by atoms with E-state index in [1.807, 2.05) is 18.2 Å². The summed E-state index contributed by atoms with van der Waals surface area (Å²) in [4.78, 5) is 19.9. The van der Waals surface area contributed by atoms with Crippen LogP contribution >= 0.6 is 23.2 Å². The maximum atomic E-state index is 13.0. The summed E-state index contributed by atoms with van der Waals surface area (Å²) < 4.78 is 13.0. The quantitative estimate of drug-likeness (QED) is 0.802. The molecule has 0 radical (unpaired) electrons. The van der Waals surface area contributed by atoms with Gasteiger partial charge in [0.05, 0.1) is 0 Å². The number of alkyl halides is 2. The van der Waals surface area contributed by atoms with Crippen molar-refractivity contribution in [2.75, 3.05) is 0 Å². The largest absolute Gasteiger partial charge is 0.383 e. The van der Waals surface area contributed by atoms with E-state index in [1.54, 1.807) is 12.1 Å². The molecule has 3 rings (SSSR count). The number of carbonyl (C=O) groups excluding carboxylic acids is 1. The van der Waals surface area contributed by atoms with Crippen molar-refractivity contribution in [2.24, 2.45) is 15.7 Å². The number of nitrogens with one attached hydrogen (secondary N) is 1. The van der Waals surface area contributed by atoms with Crippen molar-refractivity contribution in [1.29, 1.82) is 0 Å². The Hall–Kier alpha value is -2.44. The Morgan fingerprint density at radius 2 is 1.76 bits per heavy atom. The van der Waals surface area contributed by atoms with E-state index >= 15 is 0 Å². The minimum atomic E-state index is -1.60. The standard InChI is InChI=1S/C17H13Cl2FN4O/c18-15(19)17(24-14(25)11-6-8-12(20)9-7-11)16(21)22-13(23-17)10-4-2-1-3-5-10/h1-9,15H,(H,24,25)(H2,21,22,23)/t17-/m1/s1. The molecule has 0 spiro atoms. The Labute approximate surface area is 153 Å². The second-order valence-corrected chi connectivity index (χ2v) is 6.42. The Morgan fingerprint density at radius 1 is 1.12 bits per heavy atom. The molecule has 128 valence electrons. The average Bonchev–Trinajstić information content (AvgIpc) is 2.94. The molecular formula is C17H13Cl2FN4O. The normalized spacial score (nSPS) is 19.5. The summed E-state index contributed by atoms with van der Waals surface area (Å²) in [7, 11) is 0. The maximum absolute atomic E-state index is 13.0. The van der Waals surface area contributed by atoms with Gasteiger partial charge in [-0.2, -0.15) is 0 Å². The Kier molecular flexibility index (Phi) is 4.74. The van der Waals surface area contributed by atoms with Gasteiger partial charge in [0.1, 0.15) is 5.82 Å². The summed E-state index contributed by atoms with van der Waals surface area (Å²) in [5.41, 5.74) is 5.31. The first-order valence-electron chi connectivity index (χ1n) is 7.28. The number of amides is 1. The lowest BCUT2D eigenvalue weighted by Crippen LogP contribution is -2.59. The highest BCUT2D eigenvalue weighted by Crippen LogP contribution is 2.28. The molecule has 25 heavy (non-hydrogen) atoms. The molecule has 0 bridgehead atoms. The maximum Gasteiger partial charge on any atom is 0.253 e. The molecular weight excluding hydrogens is 366 g/mol. The van der Waals surface area contributed by atoms with Crippen molar-refractivity contribution >= 4 is 40.8 Å². The fourth-order valence-corrected chi connectivity index (χ4v) is 2.75. The number of amidine groups is 2. The summed E-state index contributed by atoms with van der Waals surface area (Å²) in [6.45, 7) is 0. The predicted molar refractivity (Wildman–Crippen MR) is 96.7 cm³/mol. The van der Waals surface area contributed by atoms with Crippen molar-refractivity contribution in [3.8, 4) is 0 Å². The van der Waals surface area contributed by atoms with Gasteiger partial charge in [0.2, 0.25) is 5.66 Å². The molecule has 0 unspecified atom stereocenters. The number of carbonyl (C=O) groups is 1. The molecule has 0 fully saturated rings. The van der Waals surface area contributed by atoms with E-state index < -0.39 is 22.2 Å². The van der Waals surface area contributed by atoms with E-state index in [4.69, 9.17) is 28.9 Å². The van der Waals surface area contributed by atoms with Gasteiger partial charge in [-0.15, -0.1) is 0 Å². The molecule has 2 aromatic rings. The topological polar surface area (TPSA) is 79.8 Å². The second kappa shape index (κ2) is 6.82. The third kappa shape index (κ3) is 3.36. The van der Waals surface area contributed by atoms with E-state index in [9.17, 15) is 9.18 Å². The van der Waals surface area contributed by atoms with E-state index in [2.05, 4.69) is 15.3 Å². The molecule has 0 saturated carbocycles. The fraction of sp³-hybridized carbons (Fsp3) is 0.118. The van der Waals surface area contributed by atoms with E-state index in [0.29, 0.717) is 11.4 Å². The highest BCUT2D eigenvalue weighted by molar-refractivity contribution is 6.47. The zero-order valence-electron chi connectivity index (χ0n) is 12.8. The zero-order chi connectivity index (χ0) is 18.0. The molecule has 1 heterocycles. The number of halogens is 3. The number of nitrogens with two attached hydrogens (primary N) is 1. The van der Waals surface area contributed by atoms with Gasteiger partial charge in [0.15, 0.2) is 16.5 Å². The summed E-state index contributed by atoms with van der Waals surface area (Å²) >= 11 is 12.1. The van der Waals surface area contributed by atoms with Crippen LogP contribution in [0.1, 0.15) is 15.9 Å². The van der Waals surface area contributed by atoms with Gasteiger partial charge in [0, 0.05) is 11.1 Å². The van der Waals surface area contributed by atoms with Crippen LogP contribution in [0.5, 0.6) is 0 Å². The summed E-state index contributed by atoms with van der Waals surface area (Å²) in [5, 5.41) is 2.61. The monoisotopic (exact) mass is 378 g/mol. The zero-order valence-corrected chi connectivity index (χ0v) is 14.3. The van der Waals surface area contributed by atoms with E-state index in [1.165, 1.54) is 24.3 Å². The number of aliphatic imine (C=N–C) groups is 2. The van der Waals surface area contributed by atoms with Gasteiger partial charge in [-0.25, -0.2) is 14.4 Å². The van der Waals surface area contributed by atoms with Gasteiger partial charge < -0.3 is 11.1 Å². The lowest BCUT2D eigenvalue weighted by Gasteiger charge is -2.28. The minimum Gasteiger partial charge on any atom is -0.383 e. The molecule has 2 aromatic carbocycles. The lowest BCUT2D eigenvalue weighted by molar-refractivity contribution is 0.0928. The number of benzene rings is 2. The second-order valence-electron chi connectivity index (χ2n) is 5.33. The minimum absolute atomic E-state index is 0.0307. The fourth-order valence-electron chi connectivity index (χ4n) is 2.32. The molecule has 3 N–H and O–H groups in total. The number of rotatable bonds is 4. The molecule has 1 amide bonds. The molecule has 1 aliphatic heterocycles. The van der Waals surface area contributed by atoms with Gasteiger partial charge in [-0.05, 0) is 24.3 Å². The first kappa shape index (κ1) is 17.4. The van der Waals surface area contributed by atoms with Crippen molar-refractivity contribution in [1.82, 2.24) is 5.32 Å². The number of nitrogens with zero attached hydrogens (tertiary/aromatic N) is 2. The van der Waals surface area contributed by atoms with Gasteiger partial charge in [0.25, 0.3) is 5.91 Å². The third-order valence-corrected chi connectivity index (χ3v) is 4.29. The smallest absolute Gasteiger partial charge is 0.253 e. The lowest BCUT2D eigenvalue weighted by atomic mass is 10.1. The van der Waals surface area contributed by atoms with Crippen LogP contribution in [0, 0.1) is 5.82 Å². The number of hydrogen-bond acceptors (Lipinski definition) is 4. The van der Waals surface area contributed by atoms with Gasteiger partial charge in [-0.1, -0.05) is 53.5 Å². The van der Waals surface area contributed by atoms with Crippen LogP contribution in [0.4, 0.5) is 4.39 Å². The van der Waals surface area contributed by atoms with E-state index in [0.717, 1.165) is 0 Å². The first-order chi connectivity index (χ1) is 11.9. The average molecular weight is 379 g/mol. The van der Waals surface area contributed by atoms with Gasteiger partial charge >= 0.3 is 0 Å². The van der Waals surface area contributed by atoms with Crippen LogP contribution in [-0.2, 0) is 0 Å². The SMILES string of the molecule is NC1=NC(c2ccccc2)=N[C@@]1(NC(=O)c1ccc(F)cc1)C(Cl)Cl.